The zero-order valence-electron chi connectivity index (χ0n) is 18.8. The minimum Gasteiger partial charge on any atom is -0.507 e. The number of aromatic hydroxyl groups is 1. The van der Waals surface area contributed by atoms with Gasteiger partial charge in [0.25, 0.3) is 0 Å². The van der Waals surface area contributed by atoms with E-state index in [-0.39, 0.29) is 16.6 Å². The first-order valence-corrected chi connectivity index (χ1v) is 9.40. The van der Waals surface area contributed by atoms with Gasteiger partial charge in [0.15, 0.2) is 0 Å². The molecule has 0 fully saturated rings. The third-order valence-corrected chi connectivity index (χ3v) is 4.69. The van der Waals surface area contributed by atoms with E-state index in [4.69, 9.17) is 0 Å². The summed E-state index contributed by atoms with van der Waals surface area (Å²) >= 11 is 0. The van der Waals surface area contributed by atoms with Gasteiger partial charge < -0.3 is 10.2 Å². The Morgan fingerprint density at radius 3 is 0.962 bits per heavy atom. The highest BCUT2D eigenvalue weighted by Gasteiger charge is 2.41. The molecule has 1 aromatic rings. The zero-order chi connectivity index (χ0) is 21.0. The first-order valence-electron chi connectivity index (χ1n) is 9.40. The van der Waals surface area contributed by atoms with Crippen LogP contribution in [0.25, 0.3) is 0 Å². The molecule has 1 aromatic carbocycles. The molecule has 148 valence electrons. The Balaban J connectivity index is 4.51. The molecule has 0 aliphatic rings. The summed E-state index contributed by atoms with van der Waals surface area (Å²) in [4.78, 5) is 12.5. The molecular weight excluding hydrogens is 324 g/mol. The highest BCUT2D eigenvalue weighted by molar-refractivity contribution is 5.94. The number of rotatable bonds is 1. The molecule has 0 spiro atoms. The molecule has 1 rings (SSSR count). The number of carbonyl (C=O) groups is 1. The van der Waals surface area contributed by atoms with E-state index in [0.717, 1.165) is 22.3 Å². The number of aromatic carboxylic acids is 1. The second kappa shape index (κ2) is 6.28. The predicted molar refractivity (Wildman–Crippen MR) is 110 cm³/mol. The maximum absolute atomic E-state index is 12.5. The van der Waals surface area contributed by atoms with Gasteiger partial charge >= 0.3 is 5.97 Å². The third-order valence-electron chi connectivity index (χ3n) is 4.69. The number of hydrogen-bond acceptors (Lipinski definition) is 2. The van der Waals surface area contributed by atoms with E-state index >= 15 is 0 Å². The molecule has 0 heterocycles. The minimum absolute atomic E-state index is 0.254. The second-order valence-electron chi connectivity index (χ2n) is 11.5. The Morgan fingerprint density at radius 1 is 0.577 bits per heavy atom. The summed E-state index contributed by atoms with van der Waals surface area (Å²) in [5.74, 6) is -0.666. The lowest BCUT2D eigenvalue weighted by atomic mass is 9.64. The minimum atomic E-state index is -0.921. The summed E-state index contributed by atoms with van der Waals surface area (Å²) in [5, 5.41) is 21.7. The SMILES string of the molecule is CC(C)(C)c1c(O)c(C(C)(C)C)c(C(C)(C)C)c(C(=O)O)c1C(C)(C)C. The van der Waals surface area contributed by atoms with Crippen molar-refractivity contribution in [3.8, 4) is 5.75 Å². The standard InChI is InChI=1S/C23H38O3/c1-20(2,3)14-13(19(25)26)15(21(4,5)6)17(23(10,11)12)18(24)16(14)22(7,8)9/h24H,1-12H3,(H,25,26). The van der Waals surface area contributed by atoms with Crippen molar-refractivity contribution in [2.24, 2.45) is 0 Å². The van der Waals surface area contributed by atoms with E-state index in [0.29, 0.717) is 5.56 Å². The van der Waals surface area contributed by atoms with Crippen molar-refractivity contribution >= 4 is 5.97 Å². The molecule has 0 saturated carbocycles. The van der Waals surface area contributed by atoms with E-state index in [9.17, 15) is 15.0 Å². The first-order chi connectivity index (χ1) is 11.2. The van der Waals surface area contributed by atoms with Crippen molar-refractivity contribution in [1.29, 1.82) is 0 Å². The van der Waals surface area contributed by atoms with Crippen LogP contribution in [0.5, 0.6) is 5.75 Å². The van der Waals surface area contributed by atoms with Crippen LogP contribution in [0.2, 0.25) is 0 Å². The summed E-state index contributed by atoms with van der Waals surface area (Å²) in [7, 11) is 0. The van der Waals surface area contributed by atoms with Crippen LogP contribution in [0.15, 0.2) is 0 Å². The van der Waals surface area contributed by atoms with Crippen LogP contribution < -0.4 is 0 Å². The molecule has 0 unspecified atom stereocenters. The number of carboxylic acid groups (broad SMARTS) is 1. The van der Waals surface area contributed by atoms with Gasteiger partial charge in [-0.25, -0.2) is 4.79 Å². The Bertz CT molecular complexity index is 659. The lowest BCUT2D eigenvalue weighted by molar-refractivity contribution is 0.0690. The topological polar surface area (TPSA) is 57.5 Å². The van der Waals surface area contributed by atoms with E-state index in [1.807, 2.05) is 83.1 Å². The van der Waals surface area contributed by atoms with Gasteiger partial charge in [0.1, 0.15) is 5.75 Å². The van der Waals surface area contributed by atoms with Crippen molar-refractivity contribution in [3.63, 3.8) is 0 Å². The van der Waals surface area contributed by atoms with Crippen LogP contribution in [-0.2, 0) is 21.7 Å². The van der Waals surface area contributed by atoms with Gasteiger partial charge in [0.2, 0.25) is 0 Å². The summed E-state index contributed by atoms with van der Waals surface area (Å²) < 4.78 is 0. The van der Waals surface area contributed by atoms with Crippen LogP contribution in [-0.4, -0.2) is 16.2 Å². The summed E-state index contributed by atoms with van der Waals surface area (Å²) in [6.07, 6.45) is 0. The molecule has 0 saturated heterocycles. The number of carboxylic acids is 1. The van der Waals surface area contributed by atoms with Gasteiger partial charge in [-0.2, -0.15) is 0 Å². The van der Waals surface area contributed by atoms with Crippen LogP contribution in [0.3, 0.4) is 0 Å². The fraction of sp³-hybridized carbons (Fsp3) is 0.696. The molecule has 0 amide bonds. The molecule has 0 bridgehead atoms. The number of hydrogen-bond donors (Lipinski definition) is 2. The maximum atomic E-state index is 12.5. The quantitative estimate of drug-likeness (QED) is 0.618. The first kappa shape index (κ1) is 22.5. The summed E-state index contributed by atoms with van der Waals surface area (Å²) in [6.45, 7) is 24.3. The van der Waals surface area contributed by atoms with E-state index < -0.39 is 16.8 Å². The smallest absolute Gasteiger partial charge is 0.336 e. The molecule has 3 heteroatoms. The Hall–Kier alpha value is -1.51. The molecule has 3 nitrogen and oxygen atoms in total. The predicted octanol–water partition coefficient (Wildman–Crippen LogP) is 6.28. The van der Waals surface area contributed by atoms with Crippen LogP contribution in [0.4, 0.5) is 0 Å². The van der Waals surface area contributed by atoms with Crippen LogP contribution in [0.1, 0.15) is 116 Å². The number of benzene rings is 1. The van der Waals surface area contributed by atoms with Gasteiger partial charge in [-0.1, -0.05) is 83.1 Å². The average molecular weight is 363 g/mol. The fourth-order valence-electron chi connectivity index (χ4n) is 3.91. The van der Waals surface area contributed by atoms with Gasteiger partial charge in [0, 0.05) is 11.1 Å². The third kappa shape index (κ3) is 4.07. The molecule has 0 atom stereocenters. The lowest BCUT2D eigenvalue weighted by Gasteiger charge is -2.40. The summed E-state index contributed by atoms with van der Waals surface area (Å²) in [5.41, 5.74) is 1.76. The summed E-state index contributed by atoms with van der Waals surface area (Å²) in [6, 6.07) is 0. The lowest BCUT2D eigenvalue weighted by Crippen LogP contribution is -2.33. The van der Waals surface area contributed by atoms with Gasteiger partial charge in [-0.15, -0.1) is 0 Å². The highest BCUT2D eigenvalue weighted by atomic mass is 16.4. The van der Waals surface area contributed by atoms with Crippen molar-refractivity contribution in [2.75, 3.05) is 0 Å². The highest BCUT2D eigenvalue weighted by Crippen LogP contribution is 2.51. The van der Waals surface area contributed by atoms with Crippen molar-refractivity contribution in [2.45, 2.75) is 105 Å². The maximum Gasteiger partial charge on any atom is 0.336 e. The monoisotopic (exact) mass is 362 g/mol. The normalized spacial score (nSPS) is 13.8. The number of phenols is 1. The number of phenolic OH excluding ortho intramolecular Hbond substituents is 1. The Kier molecular flexibility index (Phi) is 5.44. The fourth-order valence-corrected chi connectivity index (χ4v) is 3.91. The molecule has 0 radical (unpaired) electrons. The van der Waals surface area contributed by atoms with Crippen molar-refractivity contribution in [3.05, 3.63) is 27.8 Å². The van der Waals surface area contributed by atoms with Crippen molar-refractivity contribution < 1.29 is 15.0 Å². The Morgan fingerprint density at radius 2 is 0.808 bits per heavy atom. The van der Waals surface area contributed by atoms with Gasteiger partial charge in [-0.05, 0) is 32.8 Å². The van der Waals surface area contributed by atoms with E-state index in [1.165, 1.54) is 0 Å². The Labute approximate surface area is 159 Å². The van der Waals surface area contributed by atoms with E-state index in [1.54, 1.807) is 0 Å². The van der Waals surface area contributed by atoms with Gasteiger partial charge in [-0.3, -0.25) is 0 Å². The van der Waals surface area contributed by atoms with Crippen LogP contribution in [0, 0.1) is 0 Å². The second-order valence-corrected chi connectivity index (χ2v) is 11.5. The van der Waals surface area contributed by atoms with Gasteiger partial charge in [0.05, 0.1) is 5.56 Å². The average Bonchev–Trinajstić information content (AvgIpc) is 2.30. The van der Waals surface area contributed by atoms with Crippen molar-refractivity contribution in [1.82, 2.24) is 0 Å². The molecule has 2 N–H and O–H groups in total. The van der Waals surface area contributed by atoms with E-state index in [2.05, 4.69) is 0 Å². The largest absolute Gasteiger partial charge is 0.507 e. The molecule has 26 heavy (non-hydrogen) atoms. The molecular formula is C23H38O3. The molecule has 0 aliphatic heterocycles. The molecule has 0 aromatic heterocycles. The van der Waals surface area contributed by atoms with Crippen LogP contribution >= 0.6 is 0 Å². The molecule has 0 aliphatic carbocycles. The zero-order valence-corrected chi connectivity index (χ0v) is 18.8.